The lowest BCUT2D eigenvalue weighted by molar-refractivity contribution is -0.137. The van der Waals surface area contributed by atoms with Gasteiger partial charge in [0.25, 0.3) is 0 Å². The van der Waals surface area contributed by atoms with Crippen LogP contribution < -0.4 is 0 Å². The van der Waals surface area contributed by atoms with Crippen molar-refractivity contribution < 1.29 is 9.53 Å². The molecule has 9 heavy (non-hydrogen) atoms. The standard InChI is InChI=1S/C7H12O2/c1-3-5-6-9-7(8)4-2/h4H,2-3,5-6H2,1H3/i2+1,4+1,7+1. The number of unbranched alkanes of at least 4 members (excludes halogenated alkanes) is 1. The quantitative estimate of drug-likeness (QED) is 0.250. The molecule has 0 radical (unpaired) electrons. The van der Waals surface area contributed by atoms with Gasteiger partial charge in [-0.25, -0.2) is 4.79 Å². The average Bonchev–Trinajstić information content (AvgIpc) is 1.89. The Morgan fingerprint density at radius 2 is 2.44 bits per heavy atom. The Kier molecular flexibility index (Phi) is 4.88. The topological polar surface area (TPSA) is 26.3 Å². The maximum Gasteiger partial charge on any atom is 0.330 e. The normalized spacial score (nSPS) is 8.56. The molecule has 0 aromatic heterocycles. The highest BCUT2D eigenvalue weighted by Crippen LogP contribution is 1.88. The molecular formula is C7H12O2. The molecule has 0 heterocycles. The number of esters is 1. The highest BCUT2D eigenvalue weighted by Gasteiger charge is 1.91. The van der Waals surface area contributed by atoms with Gasteiger partial charge in [-0.1, -0.05) is 19.9 Å². The van der Waals surface area contributed by atoms with Crippen molar-refractivity contribution in [3.8, 4) is 0 Å². The predicted octanol–water partition coefficient (Wildman–Crippen LogP) is 1.52. The third-order valence-corrected chi connectivity index (χ3v) is 0.909. The summed E-state index contributed by atoms with van der Waals surface area (Å²) in [5, 5.41) is 0. The van der Waals surface area contributed by atoms with E-state index in [1.807, 2.05) is 6.92 Å². The van der Waals surface area contributed by atoms with E-state index >= 15 is 0 Å². The monoisotopic (exact) mass is 131 g/mol. The summed E-state index contributed by atoms with van der Waals surface area (Å²) < 4.78 is 4.67. The summed E-state index contributed by atoms with van der Waals surface area (Å²) >= 11 is 0. The summed E-state index contributed by atoms with van der Waals surface area (Å²) in [6, 6.07) is 0. The first kappa shape index (κ1) is 8.21. The molecule has 0 aromatic carbocycles. The van der Waals surface area contributed by atoms with Gasteiger partial charge in [0.1, 0.15) is 0 Å². The van der Waals surface area contributed by atoms with Crippen molar-refractivity contribution in [3.05, 3.63) is 12.7 Å². The molecule has 0 aliphatic rings. The second kappa shape index (κ2) is 5.35. The Hall–Kier alpha value is -0.790. The summed E-state index contributed by atoms with van der Waals surface area (Å²) in [5.41, 5.74) is 0. The molecule has 0 unspecified atom stereocenters. The van der Waals surface area contributed by atoms with Gasteiger partial charge in [-0.3, -0.25) is 0 Å². The van der Waals surface area contributed by atoms with E-state index in [0.717, 1.165) is 12.8 Å². The minimum Gasteiger partial charge on any atom is -0.463 e. The molecule has 0 N–H and O–H groups in total. The summed E-state index contributed by atoms with van der Waals surface area (Å²) in [5.74, 6) is -0.330. The van der Waals surface area contributed by atoms with E-state index in [-0.39, 0.29) is 5.97 Å². The molecule has 0 bridgehead atoms. The fourth-order valence-electron chi connectivity index (χ4n) is 0.376. The lowest BCUT2D eigenvalue weighted by atomic mass is 10.4. The zero-order chi connectivity index (χ0) is 7.11. The number of hydrogen-bond donors (Lipinski definition) is 0. The summed E-state index contributed by atoms with van der Waals surface area (Å²) in [6.45, 7) is 5.82. The van der Waals surface area contributed by atoms with Crippen molar-refractivity contribution in [2.45, 2.75) is 19.8 Å². The first-order valence-corrected chi connectivity index (χ1v) is 3.10. The molecule has 0 saturated carbocycles. The molecule has 2 nitrogen and oxygen atoms in total. The van der Waals surface area contributed by atoms with Gasteiger partial charge in [0.2, 0.25) is 0 Å². The molecule has 0 rings (SSSR count). The van der Waals surface area contributed by atoms with Crippen molar-refractivity contribution in [1.82, 2.24) is 0 Å². The van der Waals surface area contributed by atoms with E-state index in [1.165, 1.54) is 6.08 Å². The Labute approximate surface area is 55.5 Å². The van der Waals surface area contributed by atoms with Crippen LogP contribution in [0.1, 0.15) is 19.8 Å². The number of ether oxygens (including phenoxy) is 1. The number of carbonyl (C=O) groups is 1. The van der Waals surface area contributed by atoms with Gasteiger partial charge in [-0.15, -0.1) is 0 Å². The Morgan fingerprint density at radius 3 is 2.89 bits per heavy atom. The first-order chi connectivity index (χ1) is 4.31. The highest BCUT2D eigenvalue weighted by molar-refractivity contribution is 5.81. The smallest absolute Gasteiger partial charge is 0.330 e. The molecular weight excluding hydrogens is 119 g/mol. The predicted molar refractivity (Wildman–Crippen MR) is 36.1 cm³/mol. The van der Waals surface area contributed by atoms with Gasteiger partial charge in [-0.2, -0.15) is 0 Å². The van der Waals surface area contributed by atoms with E-state index in [9.17, 15) is 4.79 Å². The van der Waals surface area contributed by atoms with Gasteiger partial charge >= 0.3 is 5.97 Å². The lowest BCUT2D eigenvalue weighted by Gasteiger charge is -1.97. The van der Waals surface area contributed by atoms with Crippen LogP contribution in [0.2, 0.25) is 0 Å². The number of carbonyl (C=O) groups excluding carboxylic acids is 1. The SMILES string of the molecule is CCCCO[13C](=O)[13CH]=[13CH2]. The molecule has 0 aromatic rings. The van der Waals surface area contributed by atoms with Crippen LogP contribution in [0.25, 0.3) is 0 Å². The Bertz CT molecular complexity index is 97.1. The van der Waals surface area contributed by atoms with Crippen LogP contribution in [0, 0.1) is 0 Å². The van der Waals surface area contributed by atoms with Crippen LogP contribution in [-0.4, -0.2) is 12.6 Å². The molecule has 0 saturated heterocycles. The molecule has 52 valence electrons. The van der Waals surface area contributed by atoms with Crippen LogP contribution in [0.15, 0.2) is 12.7 Å². The number of rotatable bonds is 4. The maximum atomic E-state index is 10.3. The highest BCUT2D eigenvalue weighted by atomic mass is 16.6. The Balaban J connectivity index is 3.07. The molecule has 0 amide bonds. The first-order valence-electron chi connectivity index (χ1n) is 3.10. The third-order valence-electron chi connectivity index (χ3n) is 0.909. The largest absolute Gasteiger partial charge is 0.463 e. The summed E-state index contributed by atoms with van der Waals surface area (Å²) in [6.07, 6.45) is 3.15. The summed E-state index contributed by atoms with van der Waals surface area (Å²) in [4.78, 5) is 10.3. The second-order valence-corrected chi connectivity index (χ2v) is 1.73. The van der Waals surface area contributed by atoms with Gasteiger partial charge < -0.3 is 4.74 Å². The minimum atomic E-state index is -0.330. The molecule has 2 heteroatoms. The van der Waals surface area contributed by atoms with Crippen LogP contribution in [-0.2, 0) is 9.53 Å². The molecule has 0 fully saturated rings. The second-order valence-electron chi connectivity index (χ2n) is 1.73. The van der Waals surface area contributed by atoms with Crippen molar-refractivity contribution in [1.29, 1.82) is 0 Å². The van der Waals surface area contributed by atoms with Gasteiger partial charge in [-0.05, 0) is 6.42 Å². The lowest BCUT2D eigenvalue weighted by Crippen LogP contribution is -2.00. The van der Waals surface area contributed by atoms with Crippen LogP contribution in [0.5, 0.6) is 0 Å². The van der Waals surface area contributed by atoms with E-state index in [1.54, 1.807) is 0 Å². The van der Waals surface area contributed by atoms with E-state index in [2.05, 4.69) is 11.3 Å². The van der Waals surface area contributed by atoms with E-state index < -0.39 is 0 Å². The zero-order valence-electron chi connectivity index (χ0n) is 5.72. The third kappa shape index (κ3) is 5.07. The number of hydrogen-bond acceptors (Lipinski definition) is 2. The van der Waals surface area contributed by atoms with E-state index in [4.69, 9.17) is 0 Å². The van der Waals surface area contributed by atoms with Crippen molar-refractivity contribution in [2.24, 2.45) is 0 Å². The molecule has 0 spiro atoms. The average molecular weight is 131 g/mol. The van der Waals surface area contributed by atoms with Crippen molar-refractivity contribution in [3.63, 3.8) is 0 Å². The van der Waals surface area contributed by atoms with Gasteiger partial charge in [0.05, 0.1) is 6.61 Å². The van der Waals surface area contributed by atoms with Crippen LogP contribution in [0.3, 0.4) is 0 Å². The van der Waals surface area contributed by atoms with Crippen molar-refractivity contribution >= 4 is 5.97 Å². The molecule has 0 atom stereocenters. The Morgan fingerprint density at radius 1 is 1.78 bits per heavy atom. The maximum absolute atomic E-state index is 10.3. The van der Waals surface area contributed by atoms with Gasteiger partial charge in [0, 0.05) is 6.08 Å². The van der Waals surface area contributed by atoms with Crippen LogP contribution >= 0.6 is 0 Å². The van der Waals surface area contributed by atoms with Crippen LogP contribution in [0.4, 0.5) is 0 Å². The molecule has 0 aliphatic heterocycles. The van der Waals surface area contributed by atoms with Gasteiger partial charge in [0.15, 0.2) is 0 Å². The van der Waals surface area contributed by atoms with E-state index in [0.29, 0.717) is 6.61 Å². The van der Waals surface area contributed by atoms with Crippen molar-refractivity contribution in [2.75, 3.05) is 6.61 Å². The zero-order valence-corrected chi connectivity index (χ0v) is 5.72. The summed E-state index contributed by atoms with van der Waals surface area (Å²) in [7, 11) is 0. The minimum absolute atomic E-state index is 0.330. The fraction of sp³-hybridized carbons (Fsp3) is 0.571. The molecule has 0 aliphatic carbocycles. The fourth-order valence-corrected chi connectivity index (χ4v) is 0.376.